The molecule has 0 aliphatic carbocycles. The molecule has 0 unspecified atom stereocenters. The molecule has 0 heterocycles. The van der Waals surface area contributed by atoms with Crippen LogP contribution in [0.1, 0.15) is 10.4 Å². The summed E-state index contributed by atoms with van der Waals surface area (Å²) < 4.78 is 2.73. The van der Waals surface area contributed by atoms with Crippen molar-refractivity contribution in [2.24, 2.45) is 0 Å². The molecule has 0 spiro atoms. The van der Waals surface area contributed by atoms with Gasteiger partial charge in [-0.2, -0.15) is 0 Å². The van der Waals surface area contributed by atoms with E-state index in [9.17, 15) is 4.79 Å². The van der Waals surface area contributed by atoms with E-state index in [1.807, 2.05) is 30.3 Å². The number of carbonyl (C=O) groups is 1. The van der Waals surface area contributed by atoms with E-state index in [1.54, 1.807) is 12.1 Å². The summed E-state index contributed by atoms with van der Waals surface area (Å²) in [5.41, 5.74) is 1.36. The minimum atomic E-state index is -0.134. The third-order valence-electron chi connectivity index (χ3n) is 2.26. The lowest BCUT2D eigenvalue weighted by Gasteiger charge is -2.06. The van der Waals surface area contributed by atoms with Crippen molar-refractivity contribution in [3.63, 3.8) is 0 Å². The first-order chi connectivity index (χ1) is 8.56. The molecule has 0 aliphatic heterocycles. The lowest BCUT2D eigenvalue weighted by Crippen LogP contribution is -2.11. The molecular weight excluding hydrogens is 426 g/mol. The Hall–Kier alpha value is -0.650. The van der Waals surface area contributed by atoms with Gasteiger partial charge in [0.2, 0.25) is 0 Å². The number of anilines is 1. The molecule has 18 heavy (non-hydrogen) atoms. The molecule has 0 saturated carbocycles. The van der Waals surface area contributed by atoms with Crippen LogP contribution in [-0.2, 0) is 0 Å². The molecule has 0 saturated heterocycles. The number of nitrogens with one attached hydrogen (secondary N) is 1. The first kappa shape index (κ1) is 13.8. The summed E-state index contributed by atoms with van der Waals surface area (Å²) >= 11 is 10.1. The van der Waals surface area contributed by atoms with Crippen molar-refractivity contribution >= 4 is 59.4 Å². The Morgan fingerprint density at radius 1 is 0.944 bits per heavy atom. The van der Waals surface area contributed by atoms with Crippen LogP contribution in [0.25, 0.3) is 0 Å². The van der Waals surface area contributed by atoms with Gasteiger partial charge >= 0.3 is 0 Å². The fraction of sp³-hybridized carbons (Fsp3) is 0. The summed E-state index contributed by atoms with van der Waals surface area (Å²) in [5.74, 6) is -0.134. The third kappa shape index (κ3) is 3.43. The number of carbonyl (C=O) groups excluding carboxylic acids is 1. The Morgan fingerprint density at radius 2 is 1.72 bits per heavy atom. The summed E-state index contributed by atoms with van der Waals surface area (Å²) in [4.78, 5) is 12.0. The fourth-order valence-corrected chi connectivity index (χ4v) is 2.43. The van der Waals surface area contributed by atoms with Crippen molar-refractivity contribution in [3.8, 4) is 0 Å². The lowest BCUT2D eigenvalue weighted by atomic mass is 10.2. The zero-order valence-electron chi connectivity index (χ0n) is 9.08. The largest absolute Gasteiger partial charge is 0.322 e. The summed E-state index contributed by atoms with van der Waals surface area (Å²) in [6.45, 7) is 0. The van der Waals surface area contributed by atoms with Crippen molar-refractivity contribution in [1.82, 2.24) is 0 Å². The predicted octanol–water partition coefficient (Wildman–Crippen LogP) is 5.23. The zero-order valence-corrected chi connectivity index (χ0v) is 13.8. The fourth-order valence-electron chi connectivity index (χ4n) is 1.41. The van der Waals surface area contributed by atoms with Gasteiger partial charge in [-0.25, -0.2) is 0 Å². The molecule has 1 amide bonds. The summed E-state index contributed by atoms with van der Waals surface area (Å²) in [6, 6.07) is 12.8. The van der Waals surface area contributed by atoms with E-state index >= 15 is 0 Å². The van der Waals surface area contributed by atoms with Crippen LogP contribution >= 0.6 is 47.8 Å². The monoisotopic (exact) mass is 431 g/mol. The molecule has 2 nitrogen and oxygen atoms in total. The average Bonchev–Trinajstić information content (AvgIpc) is 2.34. The van der Waals surface area contributed by atoms with E-state index in [0.717, 1.165) is 19.1 Å². The maximum atomic E-state index is 12.0. The Kier molecular flexibility index (Phi) is 4.59. The minimum absolute atomic E-state index is 0.134. The van der Waals surface area contributed by atoms with Crippen LogP contribution in [0, 0.1) is 0 Å². The molecule has 5 heteroatoms. The van der Waals surface area contributed by atoms with Crippen molar-refractivity contribution in [3.05, 3.63) is 61.4 Å². The van der Waals surface area contributed by atoms with Crippen molar-refractivity contribution in [2.45, 2.75) is 0 Å². The second kappa shape index (κ2) is 5.99. The van der Waals surface area contributed by atoms with E-state index in [-0.39, 0.29) is 5.91 Å². The zero-order chi connectivity index (χ0) is 13.1. The first-order valence-corrected chi connectivity index (χ1v) is 7.46. The van der Waals surface area contributed by atoms with Crippen molar-refractivity contribution in [1.29, 1.82) is 0 Å². The second-order valence-electron chi connectivity index (χ2n) is 3.59. The van der Waals surface area contributed by atoms with Gasteiger partial charge in [0, 0.05) is 24.7 Å². The number of amides is 1. The smallest absolute Gasteiger partial charge is 0.255 e. The quantitative estimate of drug-likeness (QED) is 0.690. The van der Waals surface area contributed by atoms with E-state index in [4.69, 9.17) is 0 Å². The molecular formula is C13H8Br3NO. The molecule has 2 rings (SSSR count). The normalized spacial score (nSPS) is 10.2. The maximum Gasteiger partial charge on any atom is 0.255 e. The van der Waals surface area contributed by atoms with Crippen LogP contribution in [0.15, 0.2) is 55.9 Å². The highest BCUT2D eigenvalue weighted by Crippen LogP contribution is 2.26. The predicted molar refractivity (Wildman–Crippen MR) is 83.9 cm³/mol. The van der Waals surface area contributed by atoms with Gasteiger partial charge in [-0.05, 0) is 68.3 Å². The van der Waals surface area contributed by atoms with Gasteiger partial charge in [-0.3, -0.25) is 4.79 Å². The summed E-state index contributed by atoms with van der Waals surface area (Å²) in [6.07, 6.45) is 0. The lowest BCUT2D eigenvalue weighted by molar-refractivity contribution is 0.102. The van der Waals surface area contributed by atoms with Crippen LogP contribution in [0.3, 0.4) is 0 Å². The van der Waals surface area contributed by atoms with Gasteiger partial charge in [-0.15, -0.1) is 0 Å². The average molecular weight is 434 g/mol. The Morgan fingerprint density at radius 3 is 2.39 bits per heavy atom. The van der Waals surface area contributed by atoms with Crippen molar-refractivity contribution in [2.75, 3.05) is 5.32 Å². The second-order valence-corrected chi connectivity index (χ2v) is 6.22. The van der Waals surface area contributed by atoms with E-state index in [0.29, 0.717) is 5.56 Å². The number of benzene rings is 2. The maximum absolute atomic E-state index is 12.0. The first-order valence-electron chi connectivity index (χ1n) is 5.08. The molecule has 0 radical (unpaired) electrons. The SMILES string of the molecule is O=C(Nc1ccc(Br)c(Br)c1)c1cccc(Br)c1. The minimum Gasteiger partial charge on any atom is -0.322 e. The number of rotatable bonds is 2. The van der Waals surface area contributed by atoms with Crippen molar-refractivity contribution < 1.29 is 4.79 Å². The Labute approximate surface area is 130 Å². The molecule has 1 N–H and O–H groups in total. The van der Waals surface area contributed by atoms with Crippen LogP contribution < -0.4 is 5.32 Å². The van der Waals surface area contributed by atoms with Crippen LogP contribution in [0.4, 0.5) is 5.69 Å². The van der Waals surface area contributed by atoms with Gasteiger partial charge in [0.25, 0.3) is 5.91 Å². The molecule has 0 bridgehead atoms. The number of hydrogen-bond acceptors (Lipinski definition) is 1. The third-order valence-corrected chi connectivity index (χ3v) is 4.64. The van der Waals surface area contributed by atoms with Gasteiger partial charge in [-0.1, -0.05) is 22.0 Å². The van der Waals surface area contributed by atoms with E-state index in [2.05, 4.69) is 53.1 Å². The molecule has 0 atom stereocenters. The summed E-state index contributed by atoms with van der Waals surface area (Å²) in [7, 11) is 0. The highest BCUT2D eigenvalue weighted by Gasteiger charge is 2.07. The van der Waals surface area contributed by atoms with Gasteiger partial charge in [0.1, 0.15) is 0 Å². The van der Waals surface area contributed by atoms with Crippen LogP contribution in [0.2, 0.25) is 0 Å². The summed E-state index contributed by atoms with van der Waals surface area (Å²) in [5, 5.41) is 2.84. The van der Waals surface area contributed by atoms with Crippen LogP contribution in [0.5, 0.6) is 0 Å². The van der Waals surface area contributed by atoms with Gasteiger partial charge in [0.05, 0.1) is 0 Å². The topological polar surface area (TPSA) is 29.1 Å². The van der Waals surface area contributed by atoms with Crippen LogP contribution in [-0.4, -0.2) is 5.91 Å². The number of hydrogen-bond donors (Lipinski definition) is 1. The Bertz CT molecular complexity index is 599. The molecule has 92 valence electrons. The number of halogens is 3. The highest BCUT2D eigenvalue weighted by molar-refractivity contribution is 9.13. The molecule has 0 aromatic heterocycles. The molecule has 2 aromatic carbocycles. The highest BCUT2D eigenvalue weighted by atomic mass is 79.9. The van der Waals surface area contributed by atoms with Gasteiger partial charge in [0.15, 0.2) is 0 Å². The Balaban J connectivity index is 2.18. The molecule has 0 fully saturated rings. The van der Waals surface area contributed by atoms with Gasteiger partial charge < -0.3 is 5.32 Å². The molecule has 2 aromatic rings. The standard InChI is InChI=1S/C13H8Br3NO/c14-9-3-1-2-8(6-9)13(18)17-10-4-5-11(15)12(16)7-10/h1-7H,(H,17,18). The molecule has 0 aliphatic rings. The van der Waals surface area contributed by atoms with E-state index < -0.39 is 0 Å². The van der Waals surface area contributed by atoms with E-state index in [1.165, 1.54) is 0 Å².